The van der Waals surface area contributed by atoms with E-state index in [0.29, 0.717) is 11.8 Å². The van der Waals surface area contributed by atoms with Crippen LogP contribution in [0.5, 0.6) is 0 Å². The Morgan fingerprint density at radius 2 is 2.25 bits per heavy atom. The number of hydrogen-bond acceptors (Lipinski definition) is 3. The SMILES string of the molecule is C=C/C=C(\C=C)CC(=O)SC#N. The molecule has 2 nitrogen and oxygen atoms in total. The van der Waals surface area contributed by atoms with E-state index in [1.165, 1.54) is 0 Å². The lowest BCUT2D eigenvalue weighted by Crippen LogP contribution is -1.90. The smallest absolute Gasteiger partial charge is 0.207 e. The van der Waals surface area contributed by atoms with Crippen molar-refractivity contribution < 1.29 is 4.79 Å². The van der Waals surface area contributed by atoms with Gasteiger partial charge in [-0.25, -0.2) is 0 Å². The monoisotopic (exact) mass is 179 g/mol. The summed E-state index contributed by atoms with van der Waals surface area (Å²) in [6, 6.07) is 0. The molecular formula is C9H9NOS. The Morgan fingerprint density at radius 1 is 1.58 bits per heavy atom. The Balaban J connectivity index is 4.13. The molecule has 0 aromatic heterocycles. The van der Waals surface area contributed by atoms with E-state index < -0.39 is 0 Å². The van der Waals surface area contributed by atoms with Crippen molar-refractivity contribution in [1.29, 1.82) is 5.26 Å². The molecule has 0 saturated heterocycles. The average molecular weight is 179 g/mol. The minimum Gasteiger partial charge on any atom is -0.286 e. The Hall–Kier alpha value is -1.27. The number of carbonyl (C=O) groups excluding carboxylic acids is 1. The van der Waals surface area contributed by atoms with Gasteiger partial charge in [0.1, 0.15) is 5.40 Å². The van der Waals surface area contributed by atoms with E-state index in [9.17, 15) is 4.79 Å². The summed E-state index contributed by atoms with van der Waals surface area (Å²) in [5, 5.41) is 9.72. The van der Waals surface area contributed by atoms with Gasteiger partial charge in [-0.05, 0) is 5.57 Å². The van der Waals surface area contributed by atoms with E-state index in [2.05, 4.69) is 13.2 Å². The second-order valence-electron chi connectivity index (χ2n) is 1.92. The van der Waals surface area contributed by atoms with Crippen LogP contribution in [0.15, 0.2) is 37.0 Å². The fourth-order valence-electron chi connectivity index (χ4n) is 0.604. The van der Waals surface area contributed by atoms with Gasteiger partial charge < -0.3 is 0 Å². The van der Waals surface area contributed by atoms with Gasteiger partial charge in [-0.1, -0.05) is 31.4 Å². The summed E-state index contributed by atoms with van der Waals surface area (Å²) in [6.07, 6.45) is 5.09. The minimum absolute atomic E-state index is 0.175. The molecule has 0 spiro atoms. The first-order valence-corrected chi connectivity index (χ1v) is 4.09. The maximum Gasteiger partial charge on any atom is 0.207 e. The molecule has 0 bridgehead atoms. The maximum absolute atomic E-state index is 10.9. The fourth-order valence-corrected chi connectivity index (χ4v) is 0.945. The molecule has 0 rings (SSSR count). The number of thioether (sulfide) groups is 1. The van der Waals surface area contributed by atoms with Gasteiger partial charge in [-0.2, -0.15) is 5.26 Å². The second-order valence-corrected chi connectivity index (χ2v) is 2.77. The van der Waals surface area contributed by atoms with E-state index >= 15 is 0 Å². The summed E-state index contributed by atoms with van der Waals surface area (Å²) in [5.74, 6) is 0. The molecule has 0 radical (unpaired) electrons. The Labute approximate surface area is 76.3 Å². The van der Waals surface area contributed by atoms with Gasteiger partial charge in [0.15, 0.2) is 0 Å². The summed E-state index contributed by atoms with van der Waals surface area (Å²) in [7, 11) is 0. The fraction of sp³-hybridized carbons (Fsp3) is 0.111. The number of nitriles is 1. The molecule has 0 aromatic rings. The van der Waals surface area contributed by atoms with E-state index in [1.807, 2.05) is 0 Å². The number of hydrogen-bond donors (Lipinski definition) is 0. The van der Waals surface area contributed by atoms with Crippen LogP contribution < -0.4 is 0 Å². The first kappa shape index (κ1) is 10.7. The first-order chi connectivity index (χ1) is 5.74. The molecule has 0 amide bonds. The zero-order chi connectivity index (χ0) is 9.40. The van der Waals surface area contributed by atoms with Crippen LogP contribution >= 0.6 is 11.8 Å². The van der Waals surface area contributed by atoms with Crippen molar-refractivity contribution in [2.75, 3.05) is 0 Å². The molecule has 0 fully saturated rings. The van der Waals surface area contributed by atoms with Crippen LogP contribution in [0.1, 0.15) is 6.42 Å². The van der Waals surface area contributed by atoms with Crippen LogP contribution in [0.25, 0.3) is 0 Å². The summed E-state index contributed by atoms with van der Waals surface area (Å²) in [5.41, 5.74) is 0.776. The third kappa shape index (κ3) is 4.53. The van der Waals surface area contributed by atoms with Crippen molar-refractivity contribution in [2.24, 2.45) is 0 Å². The molecule has 0 aromatic carbocycles. The molecule has 12 heavy (non-hydrogen) atoms. The predicted molar refractivity (Wildman–Crippen MR) is 51.3 cm³/mol. The lowest BCUT2D eigenvalue weighted by atomic mass is 10.2. The van der Waals surface area contributed by atoms with Gasteiger partial charge in [0.05, 0.1) is 0 Å². The Kier molecular flexibility index (Phi) is 5.76. The van der Waals surface area contributed by atoms with Crippen molar-refractivity contribution in [3.63, 3.8) is 0 Å². The minimum atomic E-state index is -0.175. The van der Waals surface area contributed by atoms with Crippen LogP contribution in [-0.2, 0) is 4.79 Å². The largest absolute Gasteiger partial charge is 0.286 e. The van der Waals surface area contributed by atoms with Gasteiger partial charge >= 0.3 is 0 Å². The van der Waals surface area contributed by atoms with Crippen molar-refractivity contribution in [3.8, 4) is 5.40 Å². The second kappa shape index (κ2) is 6.44. The molecule has 3 heteroatoms. The summed E-state index contributed by atoms with van der Waals surface area (Å²) in [6.45, 7) is 7.03. The quantitative estimate of drug-likeness (QED) is 0.491. The summed E-state index contributed by atoms with van der Waals surface area (Å²) < 4.78 is 0. The highest BCUT2D eigenvalue weighted by molar-refractivity contribution is 8.17. The van der Waals surface area contributed by atoms with Crippen LogP contribution in [-0.4, -0.2) is 5.12 Å². The molecule has 0 aliphatic rings. The molecule has 0 heterocycles. The maximum atomic E-state index is 10.9. The normalized spacial score (nSPS) is 10.1. The molecular weight excluding hydrogens is 170 g/mol. The average Bonchev–Trinajstić information content (AvgIpc) is 2.04. The molecule has 0 aliphatic heterocycles. The number of nitrogens with zero attached hydrogens (tertiary/aromatic N) is 1. The zero-order valence-corrected chi connectivity index (χ0v) is 7.43. The molecule has 0 atom stereocenters. The highest BCUT2D eigenvalue weighted by atomic mass is 32.2. The van der Waals surface area contributed by atoms with Crippen molar-refractivity contribution >= 4 is 16.9 Å². The van der Waals surface area contributed by atoms with Crippen LogP contribution in [0.4, 0.5) is 0 Å². The van der Waals surface area contributed by atoms with E-state index in [4.69, 9.17) is 5.26 Å². The number of rotatable bonds is 4. The zero-order valence-electron chi connectivity index (χ0n) is 6.62. The van der Waals surface area contributed by atoms with Crippen molar-refractivity contribution in [1.82, 2.24) is 0 Å². The third-order valence-corrected chi connectivity index (χ3v) is 1.57. The first-order valence-electron chi connectivity index (χ1n) is 3.27. The van der Waals surface area contributed by atoms with Gasteiger partial charge in [0, 0.05) is 18.2 Å². The number of allylic oxidation sites excluding steroid dienone is 4. The topological polar surface area (TPSA) is 40.9 Å². The van der Waals surface area contributed by atoms with Gasteiger partial charge in [0.2, 0.25) is 5.12 Å². The van der Waals surface area contributed by atoms with E-state index in [0.717, 1.165) is 5.57 Å². The third-order valence-electron chi connectivity index (χ3n) is 1.10. The Morgan fingerprint density at radius 3 is 2.67 bits per heavy atom. The number of thiocyanates is 1. The molecule has 0 aliphatic carbocycles. The Bertz CT molecular complexity index is 260. The van der Waals surface area contributed by atoms with E-state index in [-0.39, 0.29) is 11.5 Å². The molecule has 0 N–H and O–H groups in total. The van der Waals surface area contributed by atoms with Crippen LogP contribution in [0.2, 0.25) is 0 Å². The molecule has 62 valence electrons. The van der Waals surface area contributed by atoms with Gasteiger partial charge in [-0.15, -0.1) is 0 Å². The summed E-state index contributed by atoms with van der Waals surface area (Å²) in [4.78, 5) is 10.9. The standard InChI is InChI=1S/C9H9NOS/c1-3-5-8(4-2)6-9(11)12-7-10/h3-5H,1-2,6H2/b8-5+. The highest BCUT2D eigenvalue weighted by Crippen LogP contribution is 2.10. The molecule has 0 saturated carbocycles. The van der Waals surface area contributed by atoms with Crippen LogP contribution in [0.3, 0.4) is 0 Å². The highest BCUT2D eigenvalue weighted by Gasteiger charge is 2.02. The lowest BCUT2D eigenvalue weighted by Gasteiger charge is -1.94. The van der Waals surface area contributed by atoms with Crippen LogP contribution in [0, 0.1) is 10.7 Å². The predicted octanol–water partition coefficient (Wildman–Crippen LogP) is 2.42. The lowest BCUT2D eigenvalue weighted by molar-refractivity contribution is -0.110. The summed E-state index contributed by atoms with van der Waals surface area (Å²) >= 11 is 0.645. The number of carbonyl (C=O) groups is 1. The van der Waals surface area contributed by atoms with Gasteiger partial charge in [-0.3, -0.25) is 4.79 Å². The van der Waals surface area contributed by atoms with Crippen molar-refractivity contribution in [3.05, 3.63) is 37.0 Å². The van der Waals surface area contributed by atoms with E-state index in [1.54, 1.807) is 23.6 Å². The van der Waals surface area contributed by atoms with Gasteiger partial charge in [0.25, 0.3) is 0 Å². The van der Waals surface area contributed by atoms with Crippen molar-refractivity contribution in [2.45, 2.75) is 6.42 Å². The molecule has 0 unspecified atom stereocenters.